The van der Waals surface area contributed by atoms with Crippen LogP contribution in [0.15, 0.2) is 42.7 Å². The van der Waals surface area contributed by atoms with Crippen molar-refractivity contribution in [3.05, 3.63) is 48.3 Å². The zero-order valence-electron chi connectivity index (χ0n) is 14.6. The molecule has 9 nitrogen and oxygen atoms in total. The molecular formula is C18H18N6O3. The summed E-state index contributed by atoms with van der Waals surface area (Å²) in [5, 5.41) is 23.7. The predicted octanol–water partition coefficient (Wildman–Crippen LogP) is 1.32. The van der Waals surface area contributed by atoms with Gasteiger partial charge in [-0.3, -0.25) is 9.48 Å². The van der Waals surface area contributed by atoms with Crippen LogP contribution in [0.5, 0.6) is 0 Å². The van der Waals surface area contributed by atoms with Crippen molar-refractivity contribution < 1.29 is 14.7 Å². The van der Waals surface area contributed by atoms with Crippen LogP contribution in [0.25, 0.3) is 11.0 Å². The third kappa shape index (κ3) is 2.87. The summed E-state index contributed by atoms with van der Waals surface area (Å²) in [6, 6.07) is 8.20. The lowest BCUT2D eigenvalue weighted by Crippen LogP contribution is -2.39. The summed E-state index contributed by atoms with van der Waals surface area (Å²) in [4.78, 5) is 28.6. The SMILES string of the molecule is Cn1ncc2c(NC(=O)NCCC3(O)C(=O)Nc4ccccc43)ccnc21. The molecule has 0 spiro atoms. The zero-order valence-corrected chi connectivity index (χ0v) is 14.6. The Morgan fingerprint density at radius 1 is 1.33 bits per heavy atom. The molecule has 3 heterocycles. The molecule has 1 atom stereocenters. The highest BCUT2D eigenvalue weighted by molar-refractivity contribution is 6.05. The number of nitrogens with one attached hydrogen (secondary N) is 3. The molecule has 1 aliphatic heterocycles. The van der Waals surface area contributed by atoms with Crippen LogP contribution < -0.4 is 16.0 Å². The second-order valence-electron chi connectivity index (χ2n) is 6.35. The second kappa shape index (κ2) is 6.36. The van der Waals surface area contributed by atoms with Gasteiger partial charge in [-0.15, -0.1) is 0 Å². The first kappa shape index (κ1) is 17.0. The van der Waals surface area contributed by atoms with Gasteiger partial charge in [0.1, 0.15) is 0 Å². The second-order valence-corrected chi connectivity index (χ2v) is 6.35. The number of carbonyl (C=O) groups is 2. The van der Waals surface area contributed by atoms with Crippen molar-refractivity contribution in [2.24, 2.45) is 7.05 Å². The van der Waals surface area contributed by atoms with Crippen molar-refractivity contribution in [2.75, 3.05) is 17.2 Å². The lowest BCUT2D eigenvalue weighted by atomic mass is 9.92. The highest BCUT2D eigenvalue weighted by atomic mass is 16.3. The van der Waals surface area contributed by atoms with E-state index in [0.717, 1.165) is 5.39 Å². The number of rotatable bonds is 4. The van der Waals surface area contributed by atoms with E-state index in [4.69, 9.17) is 0 Å². The van der Waals surface area contributed by atoms with Gasteiger partial charge in [-0.2, -0.15) is 5.10 Å². The highest BCUT2D eigenvalue weighted by Gasteiger charge is 2.44. The number of aromatic nitrogens is 3. The summed E-state index contributed by atoms with van der Waals surface area (Å²) in [6.45, 7) is 0.116. The fourth-order valence-electron chi connectivity index (χ4n) is 3.23. The molecular weight excluding hydrogens is 348 g/mol. The molecule has 0 radical (unpaired) electrons. The maximum Gasteiger partial charge on any atom is 0.319 e. The number of fused-ring (bicyclic) bond motifs is 2. The highest BCUT2D eigenvalue weighted by Crippen LogP contribution is 2.37. The standard InChI is InChI=1S/C18H18N6O3/c1-24-15-11(10-21-24)13(6-8-19-15)23-17(26)20-9-7-18(27)12-4-2-3-5-14(12)22-16(18)25/h2-6,8,10,27H,7,9H2,1H3,(H,22,25)(H2,19,20,23,26). The van der Waals surface area contributed by atoms with Crippen LogP contribution in [-0.4, -0.2) is 38.4 Å². The number of para-hydroxylation sites is 1. The van der Waals surface area contributed by atoms with Gasteiger partial charge < -0.3 is 21.1 Å². The number of anilines is 2. The Hall–Kier alpha value is -3.46. The molecule has 1 unspecified atom stereocenters. The molecule has 2 aromatic heterocycles. The molecule has 0 fully saturated rings. The van der Waals surface area contributed by atoms with Crippen LogP contribution in [0.4, 0.5) is 16.2 Å². The molecule has 0 bridgehead atoms. The van der Waals surface area contributed by atoms with E-state index < -0.39 is 17.5 Å². The topological polar surface area (TPSA) is 121 Å². The molecule has 0 saturated heterocycles. The number of aliphatic hydroxyl groups is 1. The number of urea groups is 1. The lowest BCUT2D eigenvalue weighted by molar-refractivity contribution is -0.134. The Morgan fingerprint density at radius 2 is 2.15 bits per heavy atom. The van der Waals surface area contributed by atoms with Gasteiger partial charge in [0.05, 0.1) is 17.3 Å². The minimum Gasteiger partial charge on any atom is -0.375 e. The number of hydrogen-bond donors (Lipinski definition) is 4. The van der Waals surface area contributed by atoms with E-state index in [1.54, 1.807) is 54.5 Å². The predicted molar refractivity (Wildman–Crippen MR) is 99.1 cm³/mol. The number of benzene rings is 1. The average Bonchev–Trinajstić information content (AvgIpc) is 3.15. The van der Waals surface area contributed by atoms with E-state index in [1.165, 1.54) is 0 Å². The van der Waals surface area contributed by atoms with E-state index in [-0.39, 0.29) is 13.0 Å². The van der Waals surface area contributed by atoms with Crippen LogP contribution in [0.3, 0.4) is 0 Å². The van der Waals surface area contributed by atoms with Gasteiger partial charge in [0.2, 0.25) is 0 Å². The minimum atomic E-state index is -1.66. The Morgan fingerprint density at radius 3 is 3.00 bits per heavy atom. The van der Waals surface area contributed by atoms with E-state index >= 15 is 0 Å². The summed E-state index contributed by atoms with van der Waals surface area (Å²) < 4.78 is 1.62. The van der Waals surface area contributed by atoms with Gasteiger partial charge >= 0.3 is 6.03 Å². The van der Waals surface area contributed by atoms with E-state index in [1.807, 2.05) is 0 Å². The number of nitrogens with zero attached hydrogens (tertiary/aromatic N) is 3. The Kier molecular flexibility index (Phi) is 4.00. The molecule has 3 aromatic rings. The van der Waals surface area contributed by atoms with Crippen LogP contribution in [0.1, 0.15) is 12.0 Å². The molecule has 1 aliphatic rings. The molecule has 9 heteroatoms. The van der Waals surface area contributed by atoms with E-state index in [9.17, 15) is 14.7 Å². The molecule has 3 amide bonds. The number of carbonyl (C=O) groups excluding carboxylic acids is 2. The van der Waals surface area contributed by atoms with Crippen LogP contribution in [0, 0.1) is 0 Å². The van der Waals surface area contributed by atoms with E-state index in [0.29, 0.717) is 22.6 Å². The van der Waals surface area contributed by atoms with Crippen molar-refractivity contribution in [3.8, 4) is 0 Å². The molecule has 1 aromatic carbocycles. The monoisotopic (exact) mass is 366 g/mol. The number of aryl methyl sites for hydroxylation is 1. The fraction of sp³-hybridized carbons (Fsp3) is 0.222. The smallest absolute Gasteiger partial charge is 0.319 e. The number of amides is 3. The first-order valence-electron chi connectivity index (χ1n) is 8.44. The van der Waals surface area contributed by atoms with Gasteiger partial charge in [0.15, 0.2) is 11.2 Å². The van der Waals surface area contributed by atoms with Crippen molar-refractivity contribution in [3.63, 3.8) is 0 Å². The van der Waals surface area contributed by atoms with Crippen molar-refractivity contribution >= 4 is 34.3 Å². The van der Waals surface area contributed by atoms with Crippen LogP contribution in [-0.2, 0) is 17.4 Å². The van der Waals surface area contributed by atoms with Crippen molar-refractivity contribution in [2.45, 2.75) is 12.0 Å². The summed E-state index contributed by atoms with van der Waals surface area (Å²) in [6.07, 6.45) is 3.27. The average molecular weight is 366 g/mol. The molecule has 27 heavy (non-hydrogen) atoms. The van der Waals surface area contributed by atoms with Crippen molar-refractivity contribution in [1.82, 2.24) is 20.1 Å². The summed E-state index contributed by atoms with van der Waals surface area (Å²) >= 11 is 0. The quantitative estimate of drug-likeness (QED) is 0.555. The lowest BCUT2D eigenvalue weighted by Gasteiger charge is -2.21. The van der Waals surface area contributed by atoms with Gasteiger partial charge in [-0.05, 0) is 12.1 Å². The number of pyridine rings is 1. The molecule has 138 valence electrons. The van der Waals surface area contributed by atoms with Gasteiger partial charge in [0.25, 0.3) is 5.91 Å². The molecule has 4 rings (SSSR count). The Bertz CT molecular complexity index is 1050. The number of hydrogen-bond acceptors (Lipinski definition) is 5. The first-order chi connectivity index (χ1) is 13.0. The zero-order chi connectivity index (χ0) is 19.0. The summed E-state index contributed by atoms with van der Waals surface area (Å²) in [5.41, 5.74) is 0.681. The minimum absolute atomic E-state index is 0.0575. The van der Waals surface area contributed by atoms with Gasteiger partial charge in [0, 0.05) is 37.5 Å². The summed E-state index contributed by atoms with van der Waals surface area (Å²) in [5.74, 6) is -0.489. The third-order valence-electron chi connectivity index (χ3n) is 4.65. The Balaban J connectivity index is 1.41. The molecule has 4 N–H and O–H groups in total. The first-order valence-corrected chi connectivity index (χ1v) is 8.44. The maximum atomic E-state index is 12.2. The van der Waals surface area contributed by atoms with Crippen LogP contribution in [0.2, 0.25) is 0 Å². The maximum absolute atomic E-state index is 12.2. The molecule has 0 saturated carbocycles. The van der Waals surface area contributed by atoms with Gasteiger partial charge in [-0.1, -0.05) is 18.2 Å². The van der Waals surface area contributed by atoms with Crippen LogP contribution >= 0.6 is 0 Å². The summed E-state index contributed by atoms with van der Waals surface area (Å²) in [7, 11) is 1.77. The van der Waals surface area contributed by atoms with Crippen molar-refractivity contribution in [1.29, 1.82) is 0 Å². The normalized spacial score (nSPS) is 18.2. The van der Waals surface area contributed by atoms with Gasteiger partial charge in [-0.25, -0.2) is 9.78 Å². The Labute approximate surface area is 154 Å². The fourth-order valence-corrected chi connectivity index (χ4v) is 3.23. The third-order valence-corrected chi connectivity index (χ3v) is 4.65. The molecule has 0 aliphatic carbocycles. The largest absolute Gasteiger partial charge is 0.375 e. The van der Waals surface area contributed by atoms with E-state index in [2.05, 4.69) is 26.0 Å².